The van der Waals surface area contributed by atoms with Crippen molar-refractivity contribution in [3.05, 3.63) is 0 Å². The number of ether oxygens (including phenoxy) is 2. The number of nitrogens with zero attached hydrogens (tertiary/aromatic N) is 1. The molecule has 4 heteroatoms. The number of nitrogens with one attached hydrogen (secondary N) is 1. The van der Waals surface area contributed by atoms with Crippen molar-refractivity contribution in [2.24, 2.45) is 5.92 Å². The minimum absolute atomic E-state index is 0.267. The highest BCUT2D eigenvalue weighted by atomic mass is 16.5. The molecule has 1 unspecified atom stereocenters. The van der Waals surface area contributed by atoms with Crippen molar-refractivity contribution in [3.8, 4) is 0 Å². The lowest BCUT2D eigenvalue weighted by Crippen LogP contribution is -2.47. The summed E-state index contributed by atoms with van der Waals surface area (Å²) in [5.41, 5.74) is 0. The Labute approximate surface area is 111 Å². The molecule has 4 nitrogen and oxygen atoms in total. The zero-order chi connectivity index (χ0) is 12.8. The summed E-state index contributed by atoms with van der Waals surface area (Å²) in [4.78, 5) is 2.47. The molecule has 0 radical (unpaired) electrons. The van der Waals surface area contributed by atoms with Crippen LogP contribution in [0.2, 0.25) is 0 Å². The highest BCUT2D eigenvalue weighted by molar-refractivity contribution is 4.74. The van der Waals surface area contributed by atoms with Crippen molar-refractivity contribution in [1.29, 1.82) is 0 Å². The van der Waals surface area contributed by atoms with Crippen LogP contribution in [0.3, 0.4) is 0 Å². The van der Waals surface area contributed by atoms with Gasteiger partial charge in [-0.25, -0.2) is 0 Å². The van der Waals surface area contributed by atoms with E-state index in [4.69, 9.17) is 9.47 Å². The molecule has 0 amide bonds. The van der Waals surface area contributed by atoms with Crippen LogP contribution in [0.5, 0.6) is 0 Å². The van der Waals surface area contributed by atoms with E-state index < -0.39 is 0 Å². The first-order chi connectivity index (χ1) is 8.75. The van der Waals surface area contributed by atoms with E-state index in [2.05, 4.69) is 24.1 Å². The summed E-state index contributed by atoms with van der Waals surface area (Å²) in [6.07, 6.45) is 2.77. The second kappa shape index (κ2) is 7.43. The second-order valence-electron chi connectivity index (χ2n) is 5.81. The van der Waals surface area contributed by atoms with E-state index in [1.807, 2.05) is 0 Å². The Morgan fingerprint density at radius 3 is 2.78 bits per heavy atom. The van der Waals surface area contributed by atoms with Crippen LogP contribution in [-0.2, 0) is 9.47 Å². The predicted molar refractivity (Wildman–Crippen MR) is 72.9 cm³/mol. The van der Waals surface area contributed by atoms with Crippen LogP contribution in [0, 0.1) is 5.92 Å². The maximum atomic E-state index is 5.86. The molecule has 2 heterocycles. The molecule has 2 aliphatic rings. The fraction of sp³-hybridized carbons (Fsp3) is 1.00. The highest BCUT2D eigenvalue weighted by Gasteiger charge is 2.22. The molecule has 2 aliphatic heterocycles. The molecule has 1 atom stereocenters. The average Bonchev–Trinajstić information content (AvgIpc) is 2.40. The summed E-state index contributed by atoms with van der Waals surface area (Å²) in [5, 5.41) is 3.39. The van der Waals surface area contributed by atoms with E-state index in [9.17, 15) is 0 Å². The molecule has 0 aromatic carbocycles. The van der Waals surface area contributed by atoms with Gasteiger partial charge in [0.2, 0.25) is 0 Å². The van der Waals surface area contributed by atoms with E-state index in [0.29, 0.717) is 6.04 Å². The van der Waals surface area contributed by atoms with Gasteiger partial charge < -0.3 is 14.8 Å². The van der Waals surface area contributed by atoms with E-state index in [1.165, 1.54) is 12.8 Å². The zero-order valence-corrected chi connectivity index (χ0v) is 11.9. The topological polar surface area (TPSA) is 33.7 Å². The molecule has 106 valence electrons. The summed E-state index contributed by atoms with van der Waals surface area (Å²) in [6, 6.07) is 0.612. The number of hydrogen-bond donors (Lipinski definition) is 1. The Hall–Kier alpha value is -0.160. The molecular formula is C14H28N2O2. The maximum Gasteiger partial charge on any atom is 0.0935 e. The normalized spacial score (nSPS) is 27.8. The summed E-state index contributed by atoms with van der Waals surface area (Å²) in [6.45, 7) is 11.4. The summed E-state index contributed by atoms with van der Waals surface area (Å²) >= 11 is 0. The van der Waals surface area contributed by atoms with Gasteiger partial charge in [-0.05, 0) is 45.7 Å². The third-order valence-electron chi connectivity index (χ3n) is 4.02. The van der Waals surface area contributed by atoms with Crippen LogP contribution in [-0.4, -0.2) is 63.0 Å². The first-order valence-corrected chi connectivity index (χ1v) is 7.40. The number of hydrogen-bond acceptors (Lipinski definition) is 4. The first-order valence-electron chi connectivity index (χ1n) is 7.40. The monoisotopic (exact) mass is 256 g/mol. The van der Waals surface area contributed by atoms with E-state index in [-0.39, 0.29) is 6.10 Å². The number of morpholine rings is 1. The molecule has 0 aromatic heterocycles. The lowest BCUT2D eigenvalue weighted by Gasteiger charge is -2.35. The van der Waals surface area contributed by atoms with E-state index in [0.717, 1.165) is 51.9 Å². The van der Waals surface area contributed by atoms with Crippen molar-refractivity contribution < 1.29 is 9.47 Å². The molecule has 0 bridgehead atoms. The molecule has 18 heavy (non-hydrogen) atoms. The SMILES string of the molecule is CC(C)N1CCOC(COCC2CCNCC2)C1. The molecule has 0 aliphatic carbocycles. The fourth-order valence-electron chi connectivity index (χ4n) is 2.73. The summed E-state index contributed by atoms with van der Waals surface area (Å²) < 4.78 is 11.6. The van der Waals surface area contributed by atoms with Gasteiger partial charge in [0.15, 0.2) is 0 Å². The Morgan fingerprint density at radius 1 is 1.28 bits per heavy atom. The largest absolute Gasteiger partial charge is 0.378 e. The van der Waals surface area contributed by atoms with Gasteiger partial charge >= 0.3 is 0 Å². The smallest absolute Gasteiger partial charge is 0.0935 e. The van der Waals surface area contributed by atoms with E-state index >= 15 is 0 Å². The van der Waals surface area contributed by atoms with Crippen molar-refractivity contribution in [2.45, 2.75) is 38.8 Å². The lowest BCUT2D eigenvalue weighted by atomic mass is 9.99. The maximum absolute atomic E-state index is 5.86. The van der Waals surface area contributed by atoms with Crippen molar-refractivity contribution in [1.82, 2.24) is 10.2 Å². The minimum Gasteiger partial charge on any atom is -0.378 e. The molecule has 2 fully saturated rings. The van der Waals surface area contributed by atoms with Crippen molar-refractivity contribution in [3.63, 3.8) is 0 Å². The third kappa shape index (κ3) is 4.50. The van der Waals surface area contributed by atoms with Crippen LogP contribution in [0.25, 0.3) is 0 Å². The van der Waals surface area contributed by atoms with Gasteiger partial charge in [-0.3, -0.25) is 4.90 Å². The molecular weight excluding hydrogens is 228 g/mol. The molecule has 2 rings (SSSR count). The van der Waals surface area contributed by atoms with Crippen LogP contribution in [0.1, 0.15) is 26.7 Å². The van der Waals surface area contributed by atoms with Gasteiger partial charge in [-0.15, -0.1) is 0 Å². The number of piperidine rings is 1. The quantitative estimate of drug-likeness (QED) is 0.799. The molecule has 1 N–H and O–H groups in total. The van der Waals surface area contributed by atoms with Crippen LogP contribution in [0.4, 0.5) is 0 Å². The first kappa shape index (κ1) is 14.3. The number of rotatable bonds is 5. The van der Waals surface area contributed by atoms with Crippen molar-refractivity contribution >= 4 is 0 Å². The molecule has 0 aromatic rings. The van der Waals surface area contributed by atoms with Crippen LogP contribution in [0.15, 0.2) is 0 Å². The van der Waals surface area contributed by atoms with Gasteiger partial charge in [-0.2, -0.15) is 0 Å². The molecule has 0 spiro atoms. The summed E-state index contributed by atoms with van der Waals surface area (Å²) in [5.74, 6) is 0.746. The molecule has 2 saturated heterocycles. The van der Waals surface area contributed by atoms with Crippen LogP contribution < -0.4 is 5.32 Å². The molecule has 0 saturated carbocycles. The van der Waals surface area contributed by atoms with Gasteiger partial charge in [0, 0.05) is 25.7 Å². The standard InChI is InChI=1S/C14H28N2O2/c1-12(2)16-7-8-18-14(9-16)11-17-10-13-3-5-15-6-4-13/h12-15H,3-11H2,1-2H3. The summed E-state index contributed by atoms with van der Waals surface area (Å²) in [7, 11) is 0. The zero-order valence-electron chi connectivity index (χ0n) is 11.9. The van der Waals surface area contributed by atoms with Gasteiger partial charge in [-0.1, -0.05) is 0 Å². The van der Waals surface area contributed by atoms with E-state index in [1.54, 1.807) is 0 Å². The highest BCUT2D eigenvalue weighted by Crippen LogP contribution is 2.13. The lowest BCUT2D eigenvalue weighted by molar-refractivity contribution is -0.0805. The van der Waals surface area contributed by atoms with Gasteiger partial charge in [0.1, 0.15) is 0 Å². The Kier molecular flexibility index (Phi) is 5.89. The Balaban J connectivity index is 1.60. The average molecular weight is 256 g/mol. The van der Waals surface area contributed by atoms with Gasteiger partial charge in [0.25, 0.3) is 0 Å². The van der Waals surface area contributed by atoms with Gasteiger partial charge in [0.05, 0.1) is 19.3 Å². The Morgan fingerprint density at radius 2 is 2.06 bits per heavy atom. The minimum atomic E-state index is 0.267. The second-order valence-corrected chi connectivity index (χ2v) is 5.81. The van der Waals surface area contributed by atoms with Crippen LogP contribution >= 0.6 is 0 Å². The fourth-order valence-corrected chi connectivity index (χ4v) is 2.73. The Bertz CT molecular complexity index is 230. The predicted octanol–water partition coefficient (Wildman–Crippen LogP) is 1.11. The van der Waals surface area contributed by atoms with Crippen molar-refractivity contribution in [2.75, 3.05) is 46.0 Å². The third-order valence-corrected chi connectivity index (χ3v) is 4.02.